The zero-order valence-electron chi connectivity index (χ0n) is 19.3. The molecule has 1 aromatic carbocycles. The van der Waals surface area contributed by atoms with Gasteiger partial charge in [0, 0.05) is 44.8 Å². The number of rotatable bonds is 4. The third-order valence-corrected chi connectivity index (χ3v) is 6.56. The smallest absolute Gasteiger partial charge is 0.257 e. The molecule has 1 heterocycles. The molecule has 32 heavy (non-hydrogen) atoms. The topological polar surface area (TPSA) is 105 Å². The first-order valence-electron chi connectivity index (χ1n) is 10.8. The van der Waals surface area contributed by atoms with Gasteiger partial charge in [-0.15, -0.1) is 0 Å². The Bertz CT molecular complexity index is 962. The Balaban J connectivity index is 1.97. The average Bonchev–Trinajstić information content (AvgIpc) is 3.56. The molecule has 9 nitrogen and oxygen atoms in total. The zero-order chi connectivity index (χ0) is 23.6. The summed E-state index contributed by atoms with van der Waals surface area (Å²) in [5.74, 6) is 0.258. The van der Waals surface area contributed by atoms with E-state index in [0.717, 1.165) is 19.1 Å². The Hall–Kier alpha value is -2.33. The van der Waals surface area contributed by atoms with Crippen LogP contribution in [0.25, 0.3) is 0 Å². The van der Waals surface area contributed by atoms with Gasteiger partial charge in [0.25, 0.3) is 5.91 Å². The molecule has 1 saturated carbocycles. The molecule has 178 valence electrons. The second kappa shape index (κ2) is 9.66. The number of benzene rings is 1. The molecule has 10 heteroatoms. The number of fused-ring (bicyclic) bond motifs is 1. The maximum absolute atomic E-state index is 13.2. The van der Waals surface area contributed by atoms with Crippen LogP contribution in [0.4, 0.5) is 5.69 Å². The summed E-state index contributed by atoms with van der Waals surface area (Å²) in [6.45, 7) is 5.00. The molecule has 0 unspecified atom stereocenters. The molecule has 1 aromatic rings. The van der Waals surface area contributed by atoms with Crippen LogP contribution < -0.4 is 9.46 Å². The fourth-order valence-corrected chi connectivity index (χ4v) is 4.48. The van der Waals surface area contributed by atoms with Crippen LogP contribution in [-0.4, -0.2) is 82.3 Å². The lowest BCUT2D eigenvalue weighted by Gasteiger charge is -2.36. The van der Waals surface area contributed by atoms with Crippen molar-refractivity contribution in [3.05, 3.63) is 23.8 Å². The quantitative estimate of drug-likeness (QED) is 0.724. The molecule has 0 aromatic heterocycles. The molecular weight excluding hydrogens is 434 g/mol. The van der Waals surface area contributed by atoms with Crippen molar-refractivity contribution in [3.63, 3.8) is 0 Å². The van der Waals surface area contributed by atoms with E-state index in [2.05, 4.69) is 4.72 Å². The maximum atomic E-state index is 13.2. The molecule has 1 fully saturated rings. The number of anilines is 1. The number of ether oxygens (including phenoxy) is 2. The summed E-state index contributed by atoms with van der Waals surface area (Å²) in [7, 11) is -0.229. The summed E-state index contributed by atoms with van der Waals surface area (Å²) in [6.07, 6.45) is 2.61. The zero-order valence-corrected chi connectivity index (χ0v) is 20.1. The number of nitrogens with zero attached hydrogens (tertiary/aromatic N) is 2. The van der Waals surface area contributed by atoms with Crippen LogP contribution in [0.15, 0.2) is 18.2 Å². The van der Waals surface area contributed by atoms with Gasteiger partial charge < -0.3 is 19.3 Å². The molecular formula is C22H33N3O6S. The highest BCUT2D eigenvalue weighted by atomic mass is 32.2. The normalized spacial score (nSPS) is 25.3. The van der Waals surface area contributed by atoms with Gasteiger partial charge in [-0.25, -0.2) is 8.42 Å². The molecule has 0 bridgehead atoms. The average molecular weight is 468 g/mol. The largest absolute Gasteiger partial charge is 0.491 e. The Morgan fingerprint density at radius 2 is 1.91 bits per heavy atom. The molecule has 1 aliphatic carbocycles. The van der Waals surface area contributed by atoms with E-state index in [9.17, 15) is 18.0 Å². The van der Waals surface area contributed by atoms with E-state index < -0.39 is 10.0 Å². The first-order chi connectivity index (χ1) is 15.0. The fraction of sp³-hybridized carbons (Fsp3) is 0.636. The highest BCUT2D eigenvalue weighted by Crippen LogP contribution is 2.33. The lowest BCUT2D eigenvalue weighted by atomic mass is 10.0. The Labute approximate surface area is 190 Å². The highest BCUT2D eigenvalue weighted by Gasteiger charge is 2.37. The van der Waals surface area contributed by atoms with E-state index in [4.69, 9.17) is 9.47 Å². The van der Waals surface area contributed by atoms with Gasteiger partial charge in [0.05, 0.1) is 24.0 Å². The van der Waals surface area contributed by atoms with E-state index in [0.29, 0.717) is 18.8 Å². The number of carbonyl (C=O) groups excluding carboxylic acids is 2. The Morgan fingerprint density at radius 3 is 2.50 bits per heavy atom. The van der Waals surface area contributed by atoms with Crippen molar-refractivity contribution in [1.29, 1.82) is 0 Å². The number of sulfonamides is 1. The Kier molecular flexibility index (Phi) is 7.34. The molecule has 2 aliphatic rings. The van der Waals surface area contributed by atoms with Gasteiger partial charge in [-0.05, 0) is 38.0 Å². The van der Waals surface area contributed by atoms with Crippen molar-refractivity contribution >= 4 is 27.5 Å². The number of carbonyl (C=O) groups is 2. The number of nitrogens with one attached hydrogen (secondary N) is 1. The summed E-state index contributed by atoms with van der Waals surface area (Å²) in [4.78, 5) is 29.6. The van der Waals surface area contributed by atoms with Crippen molar-refractivity contribution in [1.82, 2.24) is 9.80 Å². The molecule has 1 aliphatic heterocycles. The fourth-order valence-electron chi connectivity index (χ4n) is 3.93. The number of hydrogen-bond acceptors (Lipinski definition) is 6. The lowest BCUT2D eigenvalue weighted by molar-refractivity contribution is -0.136. The standard InChI is InChI=1S/C22H33N3O6S/c1-14-11-25(21(26)16-6-7-16)15(2)13-31-19-9-8-17(23-32(5,28)29)10-18(19)22(27)24(3)12-20(14)30-4/h8-10,14-16,20,23H,6-7,11-13H2,1-5H3/t14-,15-,20-/m1/s1. The summed E-state index contributed by atoms with van der Waals surface area (Å²) < 4.78 is 37.4. The lowest BCUT2D eigenvalue weighted by Crippen LogP contribution is -2.49. The van der Waals surface area contributed by atoms with Crippen LogP contribution in [0.5, 0.6) is 5.75 Å². The minimum atomic E-state index is -3.50. The molecule has 0 saturated heterocycles. The maximum Gasteiger partial charge on any atom is 0.257 e. The van der Waals surface area contributed by atoms with Crippen molar-refractivity contribution in [2.45, 2.75) is 38.8 Å². The summed E-state index contributed by atoms with van der Waals surface area (Å²) in [5, 5.41) is 0. The summed E-state index contributed by atoms with van der Waals surface area (Å²) >= 11 is 0. The molecule has 2 amide bonds. The molecule has 0 radical (unpaired) electrons. The summed E-state index contributed by atoms with van der Waals surface area (Å²) in [6, 6.07) is 4.41. The first kappa shape index (κ1) is 24.3. The van der Waals surface area contributed by atoms with Gasteiger partial charge in [-0.3, -0.25) is 14.3 Å². The van der Waals surface area contributed by atoms with Crippen LogP contribution >= 0.6 is 0 Å². The Morgan fingerprint density at radius 1 is 1.22 bits per heavy atom. The van der Waals surface area contributed by atoms with Gasteiger partial charge in [-0.1, -0.05) is 6.92 Å². The third-order valence-electron chi connectivity index (χ3n) is 5.96. The minimum Gasteiger partial charge on any atom is -0.491 e. The molecule has 3 atom stereocenters. The van der Waals surface area contributed by atoms with Gasteiger partial charge >= 0.3 is 0 Å². The van der Waals surface area contributed by atoms with Gasteiger partial charge in [0.2, 0.25) is 15.9 Å². The van der Waals surface area contributed by atoms with E-state index in [1.807, 2.05) is 18.7 Å². The second-order valence-electron chi connectivity index (χ2n) is 8.95. The second-order valence-corrected chi connectivity index (χ2v) is 10.7. The molecule has 1 N–H and O–H groups in total. The van der Waals surface area contributed by atoms with Gasteiger partial charge in [-0.2, -0.15) is 0 Å². The predicted molar refractivity (Wildman–Crippen MR) is 121 cm³/mol. The number of hydrogen-bond donors (Lipinski definition) is 1. The minimum absolute atomic E-state index is 0.00228. The number of likely N-dealkylation sites (N-methyl/N-ethyl adjacent to an activating group) is 1. The van der Waals surface area contributed by atoms with Crippen molar-refractivity contribution in [2.24, 2.45) is 11.8 Å². The van der Waals surface area contributed by atoms with E-state index in [1.165, 1.54) is 11.0 Å². The van der Waals surface area contributed by atoms with Crippen LogP contribution in [0, 0.1) is 11.8 Å². The van der Waals surface area contributed by atoms with E-state index in [1.54, 1.807) is 26.3 Å². The van der Waals surface area contributed by atoms with Gasteiger partial charge in [0.1, 0.15) is 12.4 Å². The SMILES string of the molecule is CO[C@@H]1CN(C)C(=O)c2cc(NS(C)(=O)=O)ccc2OC[C@@H](C)N(C(=O)C2CC2)C[C@H]1C. The monoisotopic (exact) mass is 467 g/mol. The predicted octanol–water partition coefficient (Wildman–Crippen LogP) is 1.80. The molecule has 3 rings (SSSR count). The van der Waals surface area contributed by atoms with Crippen LogP contribution in [0.2, 0.25) is 0 Å². The van der Waals surface area contributed by atoms with Crippen molar-refractivity contribution < 1.29 is 27.5 Å². The number of methoxy groups -OCH3 is 1. The third kappa shape index (κ3) is 5.92. The van der Waals surface area contributed by atoms with E-state index in [-0.39, 0.29) is 53.7 Å². The van der Waals surface area contributed by atoms with Gasteiger partial charge in [0.15, 0.2) is 0 Å². The van der Waals surface area contributed by atoms with Crippen molar-refractivity contribution in [2.75, 3.05) is 44.8 Å². The van der Waals surface area contributed by atoms with Crippen LogP contribution in [-0.2, 0) is 19.6 Å². The highest BCUT2D eigenvalue weighted by molar-refractivity contribution is 7.92. The molecule has 0 spiro atoms. The van der Waals surface area contributed by atoms with Crippen LogP contribution in [0.1, 0.15) is 37.0 Å². The first-order valence-corrected chi connectivity index (χ1v) is 12.7. The van der Waals surface area contributed by atoms with Crippen LogP contribution in [0.3, 0.4) is 0 Å². The van der Waals surface area contributed by atoms with E-state index >= 15 is 0 Å². The van der Waals surface area contributed by atoms with Crippen molar-refractivity contribution in [3.8, 4) is 5.75 Å². The summed E-state index contributed by atoms with van der Waals surface area (Å²) in [5.41, 5.74) is 0.524. The number of amides is 2.